The Bertz CT molecular complexity index is 194. The molecule has 1 aliphatic rings. The van der Waals surface area contributed by atoms with Crippen molar-refractivity contribution in [1.29, 1.82) is 0 Å². The summed E-state index contributed by atoms with van der Waals surface area (Å²) in [5.41, 5.74) is 0. The van der Waals surface area contributed by atoms with Crippen LogP contribution in [0.25, 0.3) is 0 Å². The summed E-state index contributed by atoms with van der Waals surface area (Å²) in [5.74, 6) is 0.120. The molecule has 0 unspecified atom stereocenters. The van der Waals surface area contributed by atoms with E-state index in [1.807, 2.05) is 0 Å². The number of hydrogen-bond acceptors (Lipinski definition) is 4. The lowest BCUT2D eigenvalue weighted by Crippen LogP contribution is -2.40. The third-order valence-corrected chi connectivity index (χ3v) is 2.57. The molecule has 16 heavy (non-hydrogen) atoms. The summed E-state index contributed by atoms with van der Waals surface area (Å²) in [7, 11) is 1.65. The van der Waals surface area contributed by atoms with Crippen molar-refractivity contribution in [1.82, 2.24) is 10.6 Å². The minimum Gasteiger partial charge on any atom is -0.382 e. The van der Waals surface area contributed by atoms with Crippen molar-refractivity contribution in [3.63, 3.8) is 0 Å². The van der Waals surface area contributed by atoms with Crippen molar-refractivity contribution in [2.45, 2.75) is 25.3 Å². The first kappa shape index (κ1) is 13.4. The molecule has 1 heterocycles. The zero-order valence-corrected chi connectivity index (χ0v) is 9.96. The lowest BCUT2D eigenvalue weighted by molar-refractivity contribution is -0.122. The van der Waals surface area contributed by atoms with Gasteiger partial charge in [0.1, 0.15) is 0 Å². The van der Waals surface area contributed by atoms with Crippen LogP contribution in [-0.2, 0) is 14.3 Å². The Kier molecular flexibility index (Phi) is 7.12. The molecule has 2 N–H and O–H groups in total. The first-order valence-electron chi connectivity index (χ1n) is 5.92. The highest BCUT2D eigenvalue weighted by Gasteiger charge is 2.20. The van der Waals surface area contributed by atoms with Crippen LogP contribution in [0, 0.1) is 0 Å². The van der Waals surface area contributed by atoms with Crippen LogP contribution in [0.1, 0.15) is 19.3 Å². The number of ether oxygens (including phenoxy) is 2. The van der Waals surface area contributed by atoms with Gasteiger partial charge in [-0.3, -0.25) is 4.79 Å². The fraction of sp³-hybridized carbons (Fsp3) is 0.909. The molecule has 0 spiro atoms. The Morgan fingerprint density at radius 2 is 2.31 bits per heavy atom. The van der Waals surface area contributed by atoms with Gasteiger partial charge in [0.05, 0.1) is 19.3 Å². The van der Waals surface area contributed by atoms with Gasteiger partial charge in [0.15, 0.2) is 0 Å². The first-order chi connectivity index (χ1) is 7.84. The molecule has 1 saturated heterocycles. The maximum absolute atomic E-state index is 11.5. The molecule has 94 valence electrons. The number of nitrogens with one attached hydrogen (secondary N) is 2. The maximum atomic E-state index is 11.5. The summed E-state index contributed by atoms with van der Waals surface area (Å²) in [6, 6.07) is 0.0226. The second-order valence-electron chi connectivity index (χ2n) is 3.90. The van der Waals surface area contributed by atoms with Gasteiger partial charge in [0.2, 0.25) is 5.91 Å². The Morgan fingerprint density at radius 1 is 1.44 bits per heavy atom. The van der Waals surface area contributed by atoms with Crippen LogP contribution in [0.5, 0.6) is 0 Å². The predicted molar refractivity (Wildman–Crippen MR) is 61.3 cm³/mol. The standard InChI is InChI=1S/C11H22N2O3/c1-15-8-9-16-7-3-6-13-11(14)10-4-2-5-12-10/h10,12H,2-9H2,1H3,(H,13,14)/t10-/m1/s1. The van der Waals surface area contributed by atoms with E-state index < -0.39 is 0 Å². The van der Waals surface area contributed by atoms with Crippen molar-refractivity contribution in [3.8, 4) is 0 Å². The second-order valence-corrected chi connectivity index (χ2v) is 3.90. The van der Waals surface area contributed by atoms with E-state index in [4.69, 9.17) is 9.47 Å². The molecule has 5 heteroatoms. The molecule has 1 aliphatic heterocycles. The quantitative estimate of drug-likeness (QED) is 0.572. The van der Waals surface area contributed by atoms with E-state index >= 15 is 0 Å². The van der Waals surface area contributed by atoms with Crippen LogP contribution in [0.2, 0.25) is 0 Å². The topological polar surface area (TPSA) is 59.6 Å². The number of hydrogen-bond donors (Lipinski definition) is 2. The van der Waals surface area contributed by atoms with Crippen LogP contribution in [-0.4, -0.2) is 52.0 Å². The molecule has 0 aliphatic carbocycles. The third kappa shape index (κ3) is 5.44. The fourth-order valence-corrected chi connectivity index (χ4v) is 1.66. The minimum absolute atomic E-state index is 0.0226. The molecule has 1 amide bonds. The lowest BCUT2D eigenvalue weighted by atomic mass is 10.2. The highest BCUT2D eigenvalue weighted by Crippen LogP contribution is 2.04. The molecule has 0 aromatic rings. The van der Waals surface area contributed by atoms with Gasteiger partial charge in [-0.1, -0.05) is 0 Å². The van der Waals surface area contributed by atoms with E-state index in [9.17, 15) is 4.79 Å². The Hall–Kier alpha value is -0.650. The average Bonchev–Trinajstić information content (AvgIpc) is 2.81. The minimum atomic E-state index is 0.0226. The van der Waals surface area contributed by atoms with Crippen molar-refractivity contribution < 1.29 is 14.3 Å². The predicted octanol–water partition coefficient (Wildman–Crippen LogP) is -0.0923. The molecule has 0 saturated carbocycles. The SMILES string of the molecule is COCCOCCCNC(=O)[C@H]1CCCN1. The number of rotatable bonds is 8. The van der Waals surface area contributed by atoms with Crippen molar-refractivity contribution in [2.75, 3.05) is 40.0 Å². The normalized spacial score (nSPS) is 19.9. The van der Waals surface area contributed by atoms with E-state index in [0.717, 1.165) is 25.8 Å². The van der Waals surface area contributed by atoms with Crippen molar-refractivity contribution >= 4 is 5.91 Å². The van der Waals surface area contributed by atoms with Gasteiger partial charge < -0.3 is 20.1 Å². The van der Waals surface area contributed by atoms with Gasteiger partial charge in [-0.15, -0.1) is 0 Å². The maximum Gasteiger partial charge on any atom is 0.237 e. The molecule has 0 aromatic carbocycles. The number of carbonyl (C=O) groups is 1. The van der Waals surface area contributed by atoms with E-state index in [1.54, 1.807) is 7.11 Å². The zero-order chi connectivity index (χ0) is 11.6. The first-order valence-corrected chi connectivity index (χ1v) is 5.92. The lowest BCUT2D eigenvalue weighted by Gasteiger charge is -2.10. The summed E-state index contributed by atoms with van der Waals surface area (Å²) >= 11 is 0. The van der Waals surface area contributed by atoms with E-state index in [0.29, 0.717) is 26.4 Å². The monoisotopic (exact) mass is 230 g/mol. The van der Waals surface area contributed by atoms with Crippen LogP contribution in [0.3, 0.4) is 0 Å². The summed E-state index contributed by atoms with van der Waals surface area (Å²) in [6.45, 7) is 3.55. The Labute approximate surface area is 96.9 Å². The summed E-state index contributed by atoms with van der Waals surface area (Å²) < 4.78 is 10.1. The van der Waals surface area contributed by atoms with Gasteiger partial charge in [0.25, 0.3) is 0 Å². The highest BCUT2D eigenvalue weighted by molar-refractivity contribution is 5.81. The molecule has 1 fully saturated rings. The van der Waals surface area contributed by atoms with Gasteiger partial charge in [-0.05, 0) is 25.8 Å². The molecule has 0 bridgehead atoms. The molecular formula is C11H22N2O3. The molecule has 0 aromatic heterocycles. The van der Waals surface area contributed by atoms with Crippen molar-refractivity contribution in [2.24, 2.45) is 0 Å². The number of carbonyl (C=O) groups excluding carboxylic acids is 1. The number of amides is 1. The van der Waals surface area contributed by atoms with Gasteiger partial charge in [-0.25, -0.2) is 0 Å². The molecular weight excluding hydrogens is 208 g/mol. The van der Waals surface area contributed by atoms with Gasteiger partial charge >= 0.3 is 0 Å². The summed E-state index contributed by atoms with van der Waals surface area (Å²) in [6.07, 6.45) is 2.90. The van der Waals surface area contributed by atoms with Crippen molar-refractivity contribution in [3.05, 3.63) is 0 Å². The molecule has 5 nitrogen and oxygen atoms in total. The fourth-order valence-electron chi connectivity index (χ4n) is 1.66. The summed E-state index contributed by atoms with van der Waals surface area (Å²) in [4.78, 5) is 11.5. The second kappa shape index (κ2) is 8.50. The van der Waals surface area contributed by atoms with E-state index in [-0.39, 0.29) is 11.9 Å². The van der Waals surface area contributed by atoms with E-state index in [2.05, 4.69) is 10.6 Å². The van der Waals surface area contributed by atoms with Gasteiger partial charge in [0, 0.05) is 20.3 Å². The molecule has 1 rings (SSSR count). The number of methoxy groups -OCH3 is 1. The highest BCUT2D eigenvalue weighted by atomic mass is 16.5. The molecule has 0 radical (unpaired) electrons. The van der Waals surface area contributed by atoms with Gasteiger partial charge in [-0.2, -0.15) is 0 Å². The largest absolute Gasteiger partial charge is 0.382 e. The van der Waals surface area contributed by atoms with Crippen LogP contribution >= 0.6 is 0 Å². The summed E-state index contributed by atoms with van der Waals surface area (Å²) in [5, 5.41) is 6.07. The van der Waals surface area contributed by atoms with Crippen LogP contribution in [0.4, 0.5) is 0 Å². The Balaban J connectivity index is 1.88. The molecule has 1 atom stereocenters. The average molecular weight is 230 g/mol. The van der Waals surface area contributed by atoms with Crippen LogP contribution < -0.4 is 10.6 Å². The third-order valence-electron chi connectivity index (χ3n) is 2.57. The smallest absolute Gasteiger partial charge is 0.237 e. The van der Waals surface area contributed by atoms with Crippen LogP contribution in [0.15, 0.2) is 0 Å². The van der Waals surface area contributed by atoms with E-state index in [1.165, 1.54) is 0 Å². The Morgan fingerprint density at radius 3 is 3.00 bits per heavy atom. The zero-order valence-electron chi connectivity index (χ0n) is 9.96.